The summed E-state index contributed by atoms with van der Waals surface area (Å²) in [6.07, 6.45) is 22.1. The Bertz CT molecular complexity index is 560. The Kier molecular flexibility index (Phi) is 19.1. The molecule has 1 aromatic carbocycles. The van der Waals surface area contributed by atoms with Crippen LogP contribution in [0.1, 0.15) is 129 Å². The molecule has 1 rings (SSSR count). The largest absolute Gasteiger partial charge is 0.354 e. The van der Waals surface area contributed by atoms with Gasteiger partial charge in [-0.05, 0) is 32.4 Å². The molecule has 0 saturated carbocycles. The van der Waals surface area contributed by atoms with Crippen molar-refractivity contribution in [3.8, 4) is 0 Å². The summed E-state index contributed by atoms with van der Waals surface area (Å²) >= 11 is 0. The molecule has 190 valence electrons. The van der Waals surface area contributed by atoms with Crippen molar-refractivity contribution in [2.45, 2.75) is 136 Å². The summed E-state index contributed by atoms with van der Waals surface area (Å²) in [7, 11) is 2.15. The highest BCUT2D eigenvalue weighted by Crippen LogP contribution is 2.13. The molecule has 0 radical (unpaired) electrons. The molecule has 0 spiro atoms. The lowest BCUT2D eigenvalue weighted by atomic mass is 10.0. The Balaban J connectivity index is 1.86. The quantitative estimate of drug-likeness (QED) is 0.177. The van der Waals surface area contributed by atoms with E-state index in [1.54, 1.807) is 0 Å². The second-order valence-corrected chi connectivity index (χ2v) is 10.2. The minimum atomic E-state index is 0.225. The lowest BCUT2D eigenvalue weighted by molar-refractivity contribution is -0.121. The van der Waals surface area contributed by atoms with Crippen LogP contribution in [0.3, 0.4) is 0 Å². The average molecular weight is 459 g/mol. The third-order valence-electron chi connectivity index (χ3n) is 6.65. The second-order valence-electron chi connectivity index (χ2n) is 10.2. The molecule has 3 nitrogen and oxygen atoms in total. The van der Waals surface area contributed by atoms with Crippen LogP contribution < -0.4 is 5.32 Å². The summed E-state index contributed by atoms with van der Waals surface area (Å²) in [6, 6.07) is 10.8. The van der Waals surface area contributed by atoms with Crippen LogP contribution in [-0.4, -0.2) is 30.4 Å². The zero-order valence-corrected chi connectivity index (χ0v) is 22.3. The normalized spacial score (nSPS) is 12.2. The van der Waals surface area contributed by atoms with E-state index in [0.717, 1.165) is 25.9 Å². The first-order valence-electron chi connectivity index (χ1n) is 14.1. The predicted octanol–water partition coefficient (Wildman–Crippen LogP) is 8.27. The van der Waals surface area contributed by atoms with Gasteiger partial charge in [0, 0.05) is 25.6 Å². The van der Waals surface area contributed by atoms with Gasteiger partial charge in [0.2, 0.25) is 5.91 Å². The Morgan fingerprint density at radius 3 is 1.79 bits per heavy atom. The third kappa shape index (κ3) is 18.7. The van der Waals surface area contributed by atoms with Gasteiger partial charge < -0.3 is 10.2 Å². The molecule has 1 atom stereocenters. The summed E-state index contributed by atoms with van der Waals surface area (Å²) < 4.78 is 0. The molecular formula is C30H54N2O. The molecule has 0 aliphatic rings. The number of benzene rings is 1. The fraction of sp³-hybridized carbons (Fsp3) is 0.767. The first kappa shape index (κ1) is 29.7. The van der Waals surface area contributed by atoms with Crippen molar-refractivity contribution >= 4 is 5.91 Å². The standard InChI is InChI=1S/C30H54N2O/c1-4-5-6-7-8-9-10-11-12-13-14-15-16-17-21-24-30(33)31-28(2)25-26-32(3)27-29-22-19-18-20-23-29/h18-20,22-23,28H,4-17,21,24-27H2,1-3H3,(H,31,33). The zero-order valence-electron chi connectivity index (χ0n) is 22.3. The van der Waals surface area contributed by atoms with Crippen molar-refractivity contribution in [3.63, 3.8) is 0 Å². The number of amides is 1. The average Bonchev–Trinajstić information content (AvgIpc) is 2.81. The van der Waals surface area contributed by atoms with Gasteiger partial charge in [0.25, 0.3) is 0 Å². The summed E-state index contributed by atoms with van der Waals surface area (Å²) in [5, 5.41) is 3.18. The fourth-order valence-electron chi connectivity index (χ4n) is 4.46. The van der Waals surface area contributed by atoms with Crippen LogP contribution in [-0.2, 0) is 11.3 Å². The van der Waals surface area contributed by atoms with Crippen molar-refractivity contribution in [1.29, 1.82) is 0 Å². The van der Waals surface area contributed by atoms with E-state index in [4.69, 9.17) is 0 Å². The van der Waals surface area contributed by atoms with Crippen LogP contribution in [0.4, 0.5) is 0 Å². The van der Waals surface area contributed by atoms with E-state index < -0.39 is 0 Å². The van der Waals surface area contributed by atoms with Crippen molar-refractivity contribution in [2.24, 2.45) is 0 Å². The smallest absolute Gasteiger partial charge is 0.220 e. The van der Waals surface area contributed by atoms with Crippen molar-refractivity contribution < 1.29 is 4.79 Å². The van der Waals surface area contributed by atoms with Gasteiger partial charge in [-0.15, -0.1) is 0 Å². The molecule has 1 unspecified atom stereocenters. The van der Waals surface area contributed by atoms with Crippen LogP contribution in [0.25, 0.3) is 0 Å². The monoisotopic (exact) mass is 458 g/mol. The van der Waals surface area contributed by atoms with Crippen molar-refractivity contribution in [1.82, 2.24) is 10.2 Å². The number of hydrogen-bond acceptors (Lipinski definition) is 2. The topological polar surface area (TPSA) is 32.3 Å². The number of nitrogens with one attached hydrogen (secondary N) is 1. The summed E-state index contributed by atoms with van der Waals surface area (Å²) in [4.78, 5) is 14.5. The molecule has 0 aromatic heterocycles. The zero-order chi connectivity index (χ0) is 24.0. The Morgan fingerprint density at radius 2 is 1.27 bits per heavy atom. The summed E-state index contributed by atoms with van der Waals surface area (Å²) in [5.41, 5.74) is 1.34. The Morgan fingerprint density at radius 1 is 0.788 bits per heavy atom. The molecule has 3 heteroatoms. The Labute approximate surface area is 206 Å². The van der Waals surface area contributed by atoms with Gasteiger partial charge >= 0.3 is 0 Å². The third-order valence-corrected chi connectivity index (χ3v) is 6.65. The molecule has 0 heterocycles. The van der Waals surface area contributed by atoms with Crippen molar-refractivity contribution in [3.05, 3.63) is 35.9 Å². The van der Waals surface area contributed by atoms with Gasteiger partial charge in [0.05, 0.1) is 0 Å². The van der Waals surface area contributed by atoms with Gasteiger partial charge in [-0.2, -0.15) is 0 Å². The maximum atomic E-state index is 12.2. The molecule has 0 aliphatic carbocycles. The van der Waals surface area contributed by atoms with E-state index in [1.165, 1.54) is 95.5 Å². The maximum Gasteiger partial charge on any atom is 0.220 e. The van der Waals surface area contributed by atoms with Crippen LogP contribution in [0.5, 0.6) is 0 Å². The van der Waals surface area contributed by atoms with E-state index in [1.807, 2.05) is 0 Å². The van der Waals surface area contributed by atoms with Gasteiger partial charge in [0.1, 0.15) is 0 Å². The van der Waals surface area contributed by atoms with Gasteiger partial charge in [0.15, 0.2) is 0 Å². The van der Waals surface area contributed by atoms with Crippen LogP contribution in [0.15, 0.2) is 30.3 Å². The number of carbonyl (C=O) groups excluding carboxylic acids is 1. The fourth-order valence-corrected chi connectivity index (χ4v) is 4.46. The lowest BCUT2D eigenvalue weighted by Gasteiger charge is -2.20. The first-order chi connectivity index (χ1) is 16.1. The van der Waals surface area contributed by atoms with Gasteiger partial charge in [-0.1, -0.05) is 127 Å². The van der Waals surface area contributed by atoms with Crippen LogP contribution in [0, 0.1) is 0 Å². The lowest BCUT2D eigenvalue weighted by Crippen LogP contribution is -2.35. The van der Waals surface area contributed by atoms with Gasteiger partial charge in [-0.3, -0.25) is 4.79 Å². The van der Waals surface area contributed by atoms with E-state index in [2.05, 4.69) is 61.4 Å². The van der Waals surface area contributed by atoms with E-state index in [0.29, 0.717) is 6.42 Å². The maximum absolute atomic E-state index is 12.2. The van der Waals surface area contributed by atoms with E-state index >= 15 is 0 Å². The molecule has 0 aliphatic heterocycles. The Hall–Kier alpha value is -1.35. The van der Waals surface area contributed by atoms with Crippen LogP contribution >= 0.6 is 0 Å². The summed E-state index contributed by atoms with van der Waals surface area (Å²) in [5.74, 6) is 0.225. The summed E-state index contributed by atoms with van der Waals surface area (Å²) in [6.45, 7) is 6.36. The molecule has 1 amide bonds. The highest BCUT2D eigenvalue weighted by Gasteiger charge is 2.09. The SMILES string of the molecule is CCCCCCCCCCCCCCCCCC(=O)NC(C)CCN(C)Cc1ccccc1. The molecule has 0 fully saturated rings. The van der Waals surface area contributed by atoms with E-state index in [-0.39, 0.29) is 11.9 Å². The number of unbranched alkanes of at least 4 members (excludes halogenated alkanes) is 14. The number of hydrogen-bond donors (Lipinski definition) is 1. The number of nitrogens with zero attached hydrogens (tertiary/aromatic N) is 1. The highest BCUT2D eigenvalue weighted by atomic mass is 16.1. The molecule has 1 N–H and O–H groups in total. The molecule has 0 bridgehead atoms. The van der Waals surface area contributed by atoms with Gasteiger partial charge in [-0.25, -0.2) is 0 Å². The van der Waals surface area contributed by atoms with E-state index in [9.17, 15) is 4.79 Å². The minimum absolute atomic E-state index is 0.225. The minimum Gasteiger partial charge on any atom is -0.354 e. The second kappa shape index (κ2) is 21.2. The number of rotatable bonds is 22. The van der Waals surface area contributed by atoms with Crippen LogP contribution in [0.2, 0.25) is 0 Å². The predicted molar refractivity (Wildman–Crippen MR) is 145 cm³/mol. The highest BCUT2D eigenvalue weighted by molar-refractivity contribution is 5.76. The molecule has 0 saturated heterocycles. The molecule has 33 heavy (non-hydrogen) atoms. The first-order valence-corrected chi connectivity index (χ1v) is 14.1. The molecule has 1 aromatic rings. The molecular weight excluding hydrogens is 404 g/mol. The number of carbonyl (C=O) groups is 1. The van der Waals surface area contributed by atoms with Crippen molar-refractivity contribution in [2.75, 3.05) is 13.6 Å².